The van der Waals surface area contributed by atoms with E-state index in [1.165, 1.54) is 18.2 Å². The summed E-state index contributed by atoms with van der Waals surface area (Å²) in [6.45, 7) is 0. The Hall–Kier alpha value is -3.21. The molecule has 0 atom stereocenters. The number of ether oxygens (including phenoxy) is 1. The van der Waals surface area contributed by atoms with E-state index in [0.717, 1.165) is 12.1 Å². The second-order valence-corrected chi connectivity index (χ2v) is 3.67. The van der Waals surface area contributed by atoms with E-state index in [-0.39, 0.29) is 23.0 Å². The Bertz CT molecular complexity index is 727. The first-order valence-corrected chi connectivity index (χ1v) is 5.29. The van der Waals surface area contributed by atoms with Crippen LogP contribution < -0.4 is 10.5 Å². The highest BCUT2D eigenvalue weighted by atomic mass is 19.1. The van der Waals surface area contributed by atoms with Crippen LogP contribution in [0.3, 0.4) is 0 Å². The van der Waals surface area contributed by atoms with Crippen molar-refractivity contribution in [2.75, 3.05) is 5.73 Å². The van der Waals surface area contributed by atoms with Crippen molar-refractivity contribution in [2.24, 2.45) is 0 Å². The molecule has 2 N–H and O–H groups in total. The molecule has 7 nitrogen and oxygen atoms in total. The van der Waals surface area contributed by atoms with Gasteiger partial charge in [-0.2, -0.15) is 10.2 Å². The molecule has 2 aromatic rings. The molecular weight excluding hydrogens is 267 g/mol. The molecule has 1 heterocycles. The molecule has 8 heteroatoms. The van der Waals surface area contributed by atoms with Gasteiger partial charge in [-0.05, 0) is 18.2 Å². The van der Waals surface area contributed by atoms with Crippen LogP contribution in [0.25, 0.3) is 0 Å². The van der Waals surface area contributed by atoms with Crippen LogP contribution >= 0.6 is 0 Å². The van der Waals surface area contributed by atoms with Gasteiger partial charge in [-0.1, -0.05) is 0 Å². The molecule has 0 saturated carbocycles. The molecule has 0 aliphatic carbocycles. The van der Waals surface area contributed by atoms with Crippen LogP contribution in [-0.4, -0.2) is 9.91 Å². The van der Waals surface area contributed by atoms with Crippen LogP contribution in [0, 0.1) is 27.3 Å². The number of nitriles is 1. The fourth-order valence-corrected chi connectivity index (χ4v) is 1.42. The van der Waals surface area contributed by atoms with E-state index >= 15 is 0 Å². The number of nitrogens with zero attached hydrogens (tertiary/aromatic N) is 3. The van der Waals surface area contributed by atoms with Crippen molar-refractivity contribution in [3.63, 3.8) is 0 Å². The third-order valence-corrected chi connectivity index (χ3v) is 2.33. The second kappa shape index (κ2) is 5.19. The van der Waals surface area contributed by atoms with Gasteiger partial charge in [-0.15, -0.1) is 0 Å². The standard InChI is InChI=1S/C12H7FN4O3/c13-9-5-8(2-1-7(9)6-14)20-12-10(17(18)19)3-4-11(15)16-12/h1-5H,(H2,15,16). The number of hydrogen-bond acceptors (Lipinski definition) is 6. The van der Waals surface area contributed by atoms with E-state index < -0.39 is 16.4 Å². The highest BCUT2D eigenvalue weighted by molar-refractivity contribution is 5.49. The zero-order valence-electron chi connectivity index (χ0n) is 9.91. The molecule has 1 aromatic carbocycles. The van der Waals surface area contributed by atoms with Crippen molar-refractivity contribution < 1.29 is 14.1 Å². The Balaban J connectivity index is 2.39. The molecule has 0 radical (unpaired) electrons. The van der Waals surface area contributed by atoms with E-state index in [1.807, 2.05) is 0 Å². The first-order chi connectivity index (χ1) is 9.51. The number of rotatable bonds is 3. The monoisotopic (exact) mass is 274 g/mol. The molecule has 0 unspecified atom stereocenters. The highest BCUT2D eigenvalue weighted by Gasteiger charge is 2.18. The molecule has 0 fully saturated rings. The number of anilines is 1. The fraction of sp³-hybridized carbons (Fsp3) is 0. The van der Waals surface area contributed by atoms with Crippen LogP contribution in [0.1, 0.15) is 5.56 Å². The maximum Gasteiger partial charge on any atom is 0.331 e. The SMILES string of the molecule is N#Cc1ccc(Oc2nc(N)ccc2[N+](=O)[O-])cc1F. The van der Waals surface area contributed by atoms with Crippen LogP contribution in [0.2, 0.25) is 0 Å². The van der Waals surface area contributed by atoms with Crippen LogP contribution in [0.4, 0.5) is 15.9 Å². The largest absolute Gasteiger partial charge is 0.434 e. The van der Waals surface area contributed by atoms with E-state index in [0.29, 0.717) is 0 Å². The molecule has 0 bridgehead atoms. The summed E-state index contributed by atoms with van der Waals surface area (Å²) in [7, 11) is 0. The minimum Gasteiger partial charge on any atom is -0.434 e. The van der Waals surface area contributed by atoms with Crippen molar-refractivity contribution >= 4 is 11.5 Å². The van der Waals surface area contributed by atoms with Gasteiger partial charge in [0.15, 0.2) is 0 Å². The van der Waals surface area contributed by atoms with Gasteiger partial charge in [-0.3, -0.25) is 10.1 Å². The van der Waals surface area contributed by atoms with Crippen molar-refractivity contribution in [3.05, 3.63) is 51.8 Å². The summed E-state index contributed by atoms with van der Waals surface area (Å²) in [5.74, 6) is -1.14. The third-order valence-electron chi connectivity index (χ3n) is 2.33. The summed E-state index contributed by atoms with van der Waals surface area (Å²) < 4.78 is 18.6. The molecule has 0 amide bonds. The number of nitrogens with two attached hydrogens (primary N) is 1. The van der Waals surface area contributed by atoms with E-state index in [1.54, 1.807) is 6.07 Å². The maximum absolute atomic E-state index is 13.4. The zero-order chi connectivity index (χ0) is 14.7. The molecule has 2 rings (SSSR count). The Kier molecular flexibility index (Phi) is 3.43. The highest BCUT2D eigenvalue weighted by Crippen LogP contribution is 2.30. The molecule has 0 saturated heterocycles. The summed E-state index contributed by atoms with van der Waals surface area (Å²) in [5, 5.41) is 19.4. The van der Waals surface area contributed by atoms with Crippen LogP contribution in [0.15, 0.2) is 30.3 Å². The Morgan fingerprint density at radius 1 is 1.40 bits per heavy atom. The van der Waals surface area contributed by atoms with Gasteiger partial charge in [-0.25, -0.2) is 4.39 Å². The Labute approximate surface area is 112 Å². The van der Waals surface area contributed by atoms with Gasteiger partial charge in [0.2, 0.25) is 0 Å². The predicted molar refractivity (Wildman–Crippen MR) is 66.5 cm³/mol. The van der Waals surface area contributed by atoms with Gasteiger partial charge < -0.3 is 10.5 Å². The lowest BCUT2D eigenvalue weighted by Crippen LogP contribution is -1.99. The molecule has 0 aliphatic rings. The minimum absolute atomic E-state index is 0.0253. The average molecular weight is 274 g/mol. The van der Waals surface area contributed by atoms with E-state index in [9.17, 15) is 14.5 Å². The molecule has 0 spiro atoms. The summed E-state index contributed by atoms with van der Waals surface area (Å²) in [4.78, 5) is 13.8. The molecule has 100 valence electrons. The summed E-state index contributed by atoms with van der Waals surface area (Å²) in [6.07, 6.45) is 0. The lowest BCUT2D eigenvalue weighted by molar-refractivity contribution is -0.386. The van der Waals surface area contributed by atoms with Crippen molar-refractivity contribution in [1.82, 2.24) is 4.98 Å². The number of hydrogen-bond donors (Lipinski definition) is 1. The summed E-state index contributed by atoms with van der Waals surface area (Å²) in [6, 6.07) is 7.48. The number of halogens is 1. The Morgan fingerprint density at radius 3 is 2.75 bits per heavy atom. The number of nitro groups is 1. The fourth-order valence-electron chi connectivity index (χ4n) is 1.42. The maximum atomic E-state index is 13.4. The van der Waals surface area contributed by atoms with Gasteiger partial charge in [0.25, 0.3) is 0 Å². The topological polar surface area (TPSA) is 115 Å². The van der Waals surface area contributed by atoms with Crippen LogP contribution in [-0.2, 0) is 0 Å². The molecule has 20 heavy (non-hydrogen) atoms. The Morgan fingerprint density at radius 2 is 2.15 bits per heavy atom. The number of pyridine rings is 1. The van der Waals surface area contributed by atoms with Gasteiger partial charge in [0.1, 0.15) is 23.5 Å². The number of nitrogen functional groups attached to an aromatic ring is 1. The van der Waals surface area contributed by atoms with Gasteiger partial charge in [0.05, 0.1) is 10.5 Å². The van der Waals surface area contributed by atoms with Crippen LogP contribution in [0.5, 0.6) is 11.6 Å². The second-order valence-electron chi connectivity index (χ2n) is 3.67. The molecule has 1 aromatic heterocycles. The zero-order valence-corrected chi connectivity index (χ0v) is 9.91. The minimum atomic E-state index is -0.795. The average Bonchev–Trinajstić information content (AvgIpc) is 2.38. The molecular formula is C12H7FN4O3. The van der Waals surface area contributed by atoms with Crippen molar-refractivity contribution in [3.8, 4) is 17.7 Å². The summed E-state index contributed by atoms with van der Waals surface area (Å²) >= 11 is 0. The van der Waals surface area contributed by atoms with E-state index in [4.69, 9.17) is 15.7 Å². The smallest absolute Gasteiger partial charge is 0.331 e. The van der Waals surface area contributed by atoms with Gasteiger partial charge >= 0.3 is 11.6 Å². The third kappa shape index (κ3) is 2.62. The van der Waals surface area contributed by atoms with Gasteiger partial charge in [0, 0.05) is 12.1 Å². The lowest BCUT2D eigenvalue weighted by Gasteiger charge is -2.06. The van der Waals surface area contributed by atoms with E-state index in [2.05, 4.69) is 4.98 Å². The quantitative estimate of drug-likeness (QED) is 0.678. The number of aromatic nitrogens is 1. The molecule has 0 aliphatic heterocycles. The summed E-state index contributed by atoms with van der Waals surface area (Å²) in [5.41, 5.74) is 4.87. The first kappa shape index (κ1) is 13.2. The predicted octanol–water partition coefficient (Wildman–Crippen LogP) is 2.38. The first-order valence-electron chi connectivity index (χ1n) is 5.29. The van der Waals surface area contributed by atoms with Crippen molar-refractivity contribution in [2.45, 2.75) is 0 Å². The normalized spacial score (nSPS) is 9.80. The van der Waals surface area contributed by atoms with Crippen molar-refractivity contribution in [1.29, 1.82) is 5.26 Å². The number of benzene rings is 1. The lowest BCUT2D eigenvalue weighted by atomic mass is 10.2.